The van der Waals surface area contributed by atoms with Crippen molar-refractivity contribution in [2.75, 3.05) is 0 Å². The summed E-state index contributed by atoms with van der Waals surface area (Å²) in [5.74, 6) is 0.0587. The summed E-state index contributed by atoms with van der Waals surface area (Å²) in [7, 11) is 0. The van der Waals surface area contributed by atoms with E-state index in [1.165, 1.54) is 5.56 Å². The van der Waals surface area contributed by atoms with Crippen molar-refractivity contribution >= 4 is 11.8 Å². The normalized spacial score (nSPS) is 25.2. The molecule has 3 rings (SSSR count). The maximum atomic E-state index is 12.5. The fraction of sp³-hybridized carbons (Fsp3) is 0.500. The fourth-order valence-electron chi connectivity index (χ4n) is 3.05. The molecule has 0 saturated carbocycles. The van der Waals surface area contributed by atoms with Crippen LogP contribution in [0.2, 0.25) is 0 Å². The number of piperidine rings is 1. The van der Waals surface area contributed by atoms with Gasteiger partial charge in [-0.3, -0.25) is 9.59 Å². The molecule has 112 valence electrons. The predicted octanol–water partition coefficient (Wildman–Crippen LogP) is 1.36. The lowest BCUT2D eigenvalue weighted by Crippen LogP contribution is -2.54. The molecule has 21 heavy (non-hydrogen) atoms. The minimum atomic E-state index is -0.790. The van der Waals surface area contributed by atoms with Gasteiger partial charge in [-0.15, -0.1) is 0 Å². The first-order chi connectivity index (χ1) is 9.97. The highest BCUT2D eigenvalue weighted by atomic mass is 16.3. The number of carbonyl (C=O) groups is 2. The number of rotatable bonds is 2. The highest BCUT2D eigenvalue weighted by Gasteiger charge is 2.38. The van der Waals surface area contributed by atoms with Crippen molar-refractivity contribution < 1.29 is 14.7 Å². The first-order valence-electron chi connectivity index (χ1n) is 7.39. The smallest absolute Gasteiger partial charge is 0.255 e. The molecule has 0 aliphatic carbocycles. The minimum absolute atomic E-state index is 0.0863. The van der Waals surface area contributed by atoms with Crippen molar-refractivity contribution in [3.63, 3.8) is 0 Å². The van der Waals surface area contributed by atoms with Crippen LogP contribution in [0.15, 0.2) is 18.2 Å². The zero-order valence-corrected chi connectivity index (χ0v) is 12.3. The van der Waals surface area contributed by atoms with Gasteiger partial charge in [0.15, 0.2) is 0 Å². The molecule has 1 saturated heterocycles. The van der Waals surface area contributed by atoms with Gasteiger partial charge in [0.2, 0.25) is 5.91 Å². The largest absolute Gasteiger partial charge is 0.374 e. The average Bonchev–Trinajstić information content (AvgIpc) is 2.75. The zero-order valence-electron chi connectivity index (χ0n) is 12.3. The van der Waals surface area contributed by atoms with E-state index in [0.29, 0.717) is 30.9 Å². The number of nitrogens with one attached hydrogen (secondary N) is 1. The Morgan fingerprint density at radius 1 is 1.29 bits per heavy atom. The Morgan fingerprint density at radius 2 is 2.05 bits per heavy atom. The Bertz CT molecular complexity index is 597. The van der Waals surface area contributed by atoms with Crippen LogP contribution in [0.25, 0.3) is 0 Å². The molecular formula is C16H20N2O3. The van der Waals surface area contributed by atoms with E-state index in [1.807, 2.05) is 12.1 Å². The van der Waals surface area contributed by atoms with Crippen molar-refractivity contribution in [1.82, 2.24) is 10.2 Å². The van der Waals surface area contributed by atoms with Crippen LogP contribution in [-0.4, -0.2) is 34.1 Å². The molecule has 0 aromatic heterocycles. The Labute approximate surface area is 123 Å². The van der Waals surface area contributed by atoms with Gasteiger partial charge in [-0.1, -0.05) is 26.0 Å². The van der Waals surface area contributed by atoms with Crippen LogP contribution < -0.4 is 5.32 Å². The van der Waals surface area contributed by atoms with Crippen LogP contribution in [0, 0.1) is 0 Å². The second-order valence-electron chi connectivity index (χ2n) is 6.12. The maximum Gasteiger partial charge on any atom is 0.255 e. The molecule has 1 aromatic carbocycles. The van der Waals surface area contributed by atoms with Gasteiger partial charge in [0.1, 0.15) is 12.3 Å². The van der Waals surface area contributed by atoms with E-state index in [2.05, 4.69) is 25.2 Å². The Balaban J connectivity index is 1.85. The number of amides is 2. The van der Waals surface area contributed by atoms with Crippen LogP contribution in [-0.2, 0) is 11.3 Å². The number of hydrogen-bond donors (Lipinski definition) is 2. The predicted molar refractivity (Wildman–Crippen MR) is 77.6 cm³/mol. The number of aliphatic hydroxyl groups is 1. The fourth-order valence-corrected chi connectivity index (χ4v) is 3.05. The Kier molecular flexibility index (Phi) is 3.45. The number of fused-ring (bicyclic) bond motifs is 1. The van der Waals surface area contributed by atoms with Crippen LogP contribution in [0.1, 0.15) is 54.1 Å². The molecular weight excluding hydrogens is 268 g/mol. The summed E-state index contributed by atoms with van der Waals surface area (Å²) in [6.07, 6.45) is 0.193. The average molecular weight is 288 g/mol. The number of aliphatic hydroxyl groups excluding tert-OH is 1. The number of hydrogen-bond acceptors (Lipinski definition) is 3. The molecule has 2 aliphatic rings. The van der Waals surface area contributed by atoms with Gasteiger partial charge < -0.3 is 15.3 Å². The standard InChI is InChI=1S/C16H20N2O3/c1-9(2)10-3-4-12-11(7-10)8-18(16(12)21)13-5-6-14(19)17-15(13)20/h3-4,7,9,13-14,19H,5-6,8H2,1-2H3,(H,17,20). The zero-order chi connectivity index (χ0) is 15.1. The number of carbonyl (C=O) groups excluding carboxylic acids is 2. The molecule has 2 atom stereocenters. The highest BCUT2D eigenvalue weighted by Crippen LogP contribution is 2.30. The first-order valence-corrected chi connectivity index (χ1v) is 7.39. The quantitative estimate of drug-likeness (QED) is 0.863. The lowest BCUT2D eigenvalue weighted by Gasteiger charge is -2.32. The monoisotopic (exact) mass is 288 g/mol. The van der Waals surface area contributed by atoms with Gasteiger partial charge in [-0.2, -0.15) is 0 Å². The summed E-state index contributed by atoms with van der Waals surface area (Å²) in [6.45, 7) is 4.71. The number of benzene rings is 1. The SMILES string of the molecule is CC(C)c1ccc2c(c1)CN(C1CCC(O)NC1=O)C2=O. The van der Waals surface area contributed by atoms with Crippen LogP contribution >= 0.6 is 0 Å². The van der Waals surface area contributed by atoms with Gasteiger partial charge in [0.05, 0.1) is 0 Å². The van der Waals surface area contributed by atoms with Crippen molar-refractivity contribution in [2.24, 2.45) is 0 Å². The summed E-state index contributed by atoms with van der Waals surface area (Å²) >= 11 is 0. The van der Waals surface area contributed by atoms with Crippen molar-refractivity contribution in [1.29, 1.82) is 0 Å². The van der Waals surface area contributed by atoms with Gasteiger partial charge in [-0.25, -0.2) is 0 Å². The summed E-state index contributed by atoms with van der Waals surface area (Å²) in [6, 6.07) is 5.43. The van der Waals surface area contributed by atoms with Gasteiger partial charge in [-0.05, 0) is 36.0 Å². The van der Waals surface area contributed by atoms with E-state index >= 15 is 0 Å². The summed E-state index contributed by atoms with van der Waals surface area (Å²) in [5.41, 5.74) is 2.88. The molecule has 5 nitrogen and oxygen atoms in total. The maximum absolute atomic E-state index is 12.5. The van der Waals surface area contributed by atoms with Crippen molar-refractivity contribution in [3.8, 4) is 0 Å². The molecule has 2 aliphatic heterocycles. The third-order valence-corrected chi connectivity index (χ3v) is 4.33. The molecule has 0 radical (unpaired) electrons. The summed E-state index contributed by atoms with van der Waals surface area (Å²) in [5, 5.41) is 11.9. The first kappa shape index (κ1) is 14.1. The van der Waals surface area contributed by atoms with Crippen LogP contribution in [0.3, 0.4) is 0 Å². The van der Waals surface area contributed by atoms with Gasteiger partial charge >= 0.3 is 0 Å². The second-order valence-corrected chi connectivity index (χ2v) is 6.12. The van der Waals surface area contributed by atoms with E-state index in [0.717, 1.165) is 5.56 Å². The van der Waals surface area contributed by atoms with Gasteiger partial charge in [0.25, 0.3) is 5.91 Å². The Hall–Kier alpha value is -1.88. The molecule has 2 N–H and O–H groups in total. The van der Waals surface area contributed by atoms with E-state index in [9.17, 15) is 14.7 Å². The second kappa shape index (κ2) is 5.15. The number of nitrogens with zero attached hydrogens (tertiary/aromatic N) is 1. The van der Waals surface area contributed by atoms with E-state index in [-0.39, 0.29) is 11.8 Å². The van der Waals surface area contributed by atoms with E-state index in [1.54, 1.807) is 4.90 Å². The molecule has 2 heterocycles. The third-order valence-electron chi connectivity index (χ3n) is 4.33. The minimum Gasteiger partial charge on any atom is -0.374 e. The van der Waals surface area contributed by atoms with Gasteiger partial charge in [0, 0.05) is 12.1 Å². The van der Waals surface area contributed by atoms with E-state index < -0.39 is 12.3 Å². The molecule has 2 unspecified atom stereocenters. The lowest BCUT2D eigenvalue weighted by atomic mass is 9.98. The van der Waals surface area contributed by atoms with E-state index in [4.69, 9.17) is 0 Å². The molecule has 0 bridgehead atoms. The molecule has 2 amide bonds. The molecule has 1 fully saturated rings. The lowest BCUT2D eigenvalue weighted by molar-refractivity contribution is -0.132. The topological polar surface area (TPSA) is 69.6 Å². The molecule has 5 heteroatoms. The highest BCUT2D eigenvalue weighted by molar-refractivity contribution is 6.01. The summed E-state index contributed by atoms with van der Waals surface area (Å²) < 4.78 is 0. The third kappa shape index (κ3) is 2.42. The molecule has 1 aromatic rings. The van der Waals surface area contributed by atoms with Crippen molar-refractivity contribution in [2.45, 2.75) is 51.4 Å². The Morgan fingerprint density at radius 3 is 2.71 bits per heavy atom. The molecule has 0 spiro atoms. The van der Waals surface area contributed by atoms with Crippen LogP contribution in [0.4, 0.5) is 0 Å². The van der Waals surface area contributed by atoms with Crippen LogP contribution in [0.5, 0.6) is 0 Å². The van der Waals surface area contributed by atoms with Crippen molar-refractivity contribution in [3.05, 3.63) is 34.9 Å². The summed E-state index contributed by atoms with van der Waals surface area (Å²) in [4.78, 5) is 26.1.